The highest BCUT2D eigenvalue weighted by molar-refractivity contribution is 7.99. The minimum Gasteiger partial charge on any atom is -0.486 e. The van der Waals surface area contributed by atoms with Gasteiger partial charge >= 0.3 is 0 Å². The molecule has 1 aliphatic heterocycles. The average molecular weight is 394 g/mol. The van der Waals surface area contributed by atoms with Crippen molar-refractivity contribution in [1.29, 1.82) is 0 Å². The number of thioether (sulfide) groups is 1. The third kappa shape index (κ3) is 3.92. The Morgan fingerprint density at radius 1 is 1.18 bits per heavy atom. The summed E-state index contributed by atoms with van der Waals surface area (Å²) >= 11 is 1.46. The van der Waals surface area contributed by atoms with E-state index in [0.29, 0.717) is 18.9 Å². The van der Waals surface area contributed by atoms with E-state index in [0.717, 1.165) is 33.5 Å². The highest BCUT2D eigenvalue weighted by Crippen LogP contribution is 2.31. The number of carbonyl (C=O) groups is 1. The number of aromatic nitrogens is 2. The van der Waals surface area contributed by atoms with Gasteiger partial charge in [-0.15, -0.1) is 0 Å². The maximum Gasteiger partial charge on any atom is 0.174 e. The molecule has 0 saturated carbocycles. The molecule has 28 heavy (non-hydrogen) atoms. The molecular formula is C22H22N2O3S. The number of para-hydroxylation sites is 2. The third-order valence-corrected chi connectivity index (χ3v) is 5.76. The normalized spacial score (nSPS) is 15.4. The monoisotopic (exact) mass is 394 g/mol. The van der Waals surface area contributed by atoms with Crippen molar-refractivity contribution in [1.82, 2.24) is 9.55 Å². The largest absolute Gasteiger partial charge is 0.486 e. The Morgan fingerprint density at radius 2 is 1.96 bits per heavy atom. The van der Waals surface area contributed by atoms with Crippen LogP contribution in [0.15, 0.2) is 59.8 Å². The van der Waals surface area contributed by atoms with Crippen LogP contribution in [0.5, 0.6) is 11.5 Å². The van der Waals surface area contributed by atoms with E-state index in [4.69, 9.17) is 9.47 Å². The van der Waals surface area contributed by atoms with Gasteiger partial charge in [0.15, 0.2) is 23.4 Å². The molecule has 0 saturated heterocycles. The van der Waals surface area contributed by atoms with Crippen LogP contribution in [0.1, 0.15) is 21.7 Å². The van der Waals surface area contributed by atoms with E-state index in [1.54, 1.807) is 6.20 Å². The molecule has 0 radical (unpaired) electrons. The molecule has 0 spiro atoms. The number of ketones is 1. The van der Waals surface area contributed by atoms with E-state index >= 15 is 0 Å². The van der Waals surface area contributed by atoms with E-state index < -0.39 is 0 Å². The van der Waals surface area contributed by atoms with E-state index in [9.17, 15) is 4.79 Å². The summed E-state index contributed by atoms with van der Waals surface area (Å²) < 4.78 is 14.0. The Labute approximate surface area is 168 Å². The molecule has 0 amide bonds. The highest BCUT2D eigenvalue weighted by Gasteiger charge is 2.24. The number of hydrogen-bond acceptors (Lipinski definition) is 5. The highest BCUT2D eigenvalue weighted by atomic mass is 32.2. The SMILES string of the molecule is Cc1cc(C(=O)CSc2ccccn2)c(C)n1C[C@@H]1COc2ccccc2O1. The first kappa shape index (κ1) is 18.6. The van der Waals surface area contributed by atoms with E-state index in [1.165, 1.54) is 11.8 Å². The van der Waals surface area contributed by atoms with Crippen LogP contribution in [0, 0.1) is 13.8 Å². The maximum absolute atomic E-state index is 12.7. The molecule has 0 unspecified atom stereocenters. The van der Waals surface area contributed by atoms with Gasteiger partial charge in [0.05, 0.1) is 17.3 Å². The molecule has 5 nitrogen and oxygen atoms in total. The lowest BCUT2D eigenvalue weighted by molar-refractivity contribution is 0.0777. The maximum atomic E-state index is 12.7. The van der Waals surface area contributed by atoms with Crippen LogP contribution in [0.4, 0.5) is 0 Å². The summed E-state index contributed by atoms with van der Waals surface area (Å²) in [6, 6.07) is 15.4. The number of aryl methyl sites for hydroxylation is 1. The summed E-state index contributed by atoms with van der Waals surface area (Å²) in [4.78, 5) is 17.0. The minimum atomic E-state index is -0.0921. The summed E-state index contributed by atoms with van der Waals surface area (Å²) in [6.45, 7) is 5.15. The Balaban J connectivity index is 1.45. The number of ether oxygens (including phenoxy) is 2. The Bertz CT molecular complexity index is 985. The summed E-state index contributed by atoms with van der Waals surface area (Å²) in [5, 5.41) is 0.857. The van der Waals surface area contributed by atoms with E-state index in [1.807, 2.05) is 62.4 Å². The lowest BCUT2D eigenvalue weighted by Crippen LogP contribution is -2.33. The molecule has 3 aromatic rings. The molecule has 4 rings (SSSR count). The molecule has 0 N–H and O–H groups in total. The van der Waals surface area contributed by atoms with E-state index in [-0.39, 0.29) is 11.9 Å². The lowest BCUT2D eigenvalue weighted by Gasteiger charge is -2.27. The van der Waals surface area contributed by atoms with Crippen molar-refractivity contribution >= 4 is 17.5 Å². The molecule has 1 aromatic carbocycles. The van der Waals surface area contributed by atoms with E-state index in [2.05, 4.69) is 9.55 Å². The lowest BCUT2D eigenvalue weighted by atomic mass is 10.2. The van der Waals surface area contributed by atoms with Crippen LogP contribution < -0.4 is 9.47 Å². The second-order valence-corrected chi connectivity index (χ2v) is 7.77. The average Bonchev–Trinajstić information content (AvgIpc) is 3.01. The zero-order valence-electron chi connectivity index (χ0n) is 15.9. The fourth-order valence-electron chi connectivity index (χ4n) is 3.37. The van der Waals surface area contributed by atoms with Crippen molar-refractivity contribution in [3.63, 3.8) is 0 Å². The smallest absolute Gasteiger partial charge is 0.174 e. The Hall–Kier alpha value is -2.73. The standard InChI is InChI=1S/C22H22N2O3S/c1-15-11-18(19(25)14-28-22-9-5-6-10-23-22)16(2)24(15)12-17-13-26-20-7-3-4-8-21(20)27-17/h3-11,17H,12-14H2,1-2H3/t17-/m1/s1. The first-order valence-electron chi connectivity index (χ1n) is 9.24. The second-order valence-electron chi connectivity index (χ2n) is 6.77. The van der Waals surface area contributed by atoms with Crippen LogP contribution in [0.25, 0.3) is 0 Å². The number of pyridine rings is 1. The molecule has 3 heterocycles. The fraction of sp³-hybridized carbons (Fsp3) is 0.273. The second kappa shape index (κ2) is 8.10. The quantitative estimate of drug-likeness (QED) is 0.460. The molecule has 144 valence electrons. The number of hydrogen-bond donors (Lipinski definition) is 0. The van der Waals surface area contributed by atoms with Gasteiger partial charge in [-0.25, -0.2) is 4.98 Å². The topological polar surface area (TPSA) is 53.4 Å². The van der Waals surface area contributed by atoms with Gasteiger partial charge in [-0.1, -0.05) is 30.0 Å². The van der Waals surface area contributed by atoms with Gasteiger partial charge in [0, 0.05) is 23.1 Å². The van der Waals surface area contributed by atoms with Crippen molar-refractivity contribution < 1.29 is 14.3 Å². The van der Waals surface area contributed by atoms with Crippen molar-refractivity contribution in [2.45, 2.75) is 31.5 Å². The number of benzene rings is 1. The van der Waals surface area contributed by atoms with Crippen molar-refractivity contribution in [2.75, 3.05) is 12.4 Å². The number of fused-ring (bicyclic) bond motifs is 1. The zero-order valence-corrected chi connectivity index (χ0v) is 16.7. The molecule has 1 aliphatic rings. The van der Waals surface area contributed by atoms with Crippen molar-refractivity contribution in [3.05, 3.63) is 71.7 Å². The Morgan fingerprint density at radius 3 is 2.75 bits per heavy atom. The Kier molecular flexibility index (Phi) is 5.39. The molecule has 0 fully saturated rings. The molecule has 2 aromatic heterocycles. The van der Waals surface area contributed by atoms with Crippen LogP contribution >= 0.6 is 11.8 Å². The number of rotatable bonds is 6. The predicted octanol–water partition coefficient (Wildman–Crippen LogP) is 4.31. The third-order valence-electron chi connectivity index (χ3n) is 4.82. The van der Waals surface area contributed by atoms with Gasteiger partial charge in [-0.3, -0.25) is 4.79 Å². The van der Waals surface area contributed by atoms with Gasteiger partial charge < -0.3 is 14.0 Å². The van der Waals surface area contributed by atoms with Crippen LogP contribution in [-0.2, 0) is 6.54 Å². The summed E-state index contributed by atoms with van der Waals surface area (Å²) in [5.74, 6) is 2.03. The number of Topliss-reactive ketones (excluding diaryl/α,β-unsaturated/α-hetero) is 1. The minimum absolute atomic E-state index is 0.0921. The van der Waals surface area contributed by atoms with Crippen LogP contribution in [0.2, 0.25) is 0 Å². The summed E-state index contributed by atoms with van der Waals surface area (Å²) in [7, 11) is 0. The van der Waals surface area contributed by atoms with Gasteiger partial charge in [0.2, 0.25) is 0 Å². The molecule has 6 heteroatoms. The molecule has 0 aliphatic carbocycles. The molecular weight excluding hydrogens is 372 g/mol. The number of nitrogens with zero attached hydrogens (tertiary/aromatic N) is 2. The predicted molar refractivity (Wildman–Crippen MR) is 110 cm³/mol. The van der Waals surface area contributed by atoms with Gasteiger partial charge in [-0.2, -0.15) is 0 Å². The number of carbonyl (C=O) groups excluding carboxylic acids is 1. The zero-order chi connectivity index (χ0) is 19.5. The first-order chi connectivity index (χ1) is 13.6. The van der Waals surface area contributed by atoms with Crippen molar-refractivity contribution in [2.24, 2.45) is 0 Å². The van der Waals surface area contributed by atoms with Gasteiger partial charge in [0.25, 0.3) is 0 Å². The van der Waals surface area contributed by atoms with Crippen molar-refractivity contribution in [3.8, 4) is 11.5 Å². The molecule has 1 atom stereocenters. The molecule has 0 bridgehead atoms. The first-order valence-corrected chi connectivity index (χ1v) is 10.2. The van der Waals surface area contributed by atoms with Crippen LogP contribution in [0.3, 0.4) is 0 Å². The fourth-order valence-corrected chi connectivity index (χ4v) is 4.12. The summed E-state index contributed by atoms with van der Waals surface area (Å²) in [6.07, 6.45) is 1.65. The summed E-state index contributed by atoms with van der Waals surface area (Å²) in [5.41, 5.74) is 2.77. The van der Waals surface area contributed by atoms with Gasteiger partial charge in [-0.05, 0) is 44.2 Å². The van der Waals surface area contributed by atoms with Gasteiger partial charge in [0.1, 0.15) is 6.61 Å². The van der Waals surface area contributed by atoms with Crippen LogP contribution in [-0.4, -0.2) is 33.8 Å².